The van der Waals surface area contributed by atoms with Crippen LogP contribution in [-0.4, -0.2) is 27.1 Å². The molecule has 4 nitrogen and oxygen atoms in total. The van der Waals surface area contributed by atoms with Gasteiger partial charge in [0.25, 0.3) is 5.91 Å². The number of benzene rings is 3. The van der Waals surface area contributed by atoms with Crippen LogP contribution in [0.15, 0.2) is 91.0 Å². The Morgan fingerprint density at radius 1 is 0.903 bits per heavy atom. The molecule has 0 aliphatic rings. The number of aryl methyl sites for hydroxylation is 1. The highest BCUT2D eigenvalue weighted by atomic mass is 19.1. The van der Waals surface area contributed by atoms with E-state index in [1.807, 2.05) is 53.4 Å². The normalized spacial score (nSPS) is 10.8. The van der Waals surface area contributed by atoms with Gasteiger partial charge in [0.15, 0.2) is 0 Å². The standard InChI is InChI=1S/C26H24FN3O/c1-29-25(18-24(28-29)22-12-14-23(27)15-13-22)26(31)30(19-21-10-6-3-7-11-21)17-16-20-8-4-2-5-9-20/h2-15,18H,16-17,19H2,1H3. The Morgan fingerprint density at radius 3 is 2.16 bits per heavy atom. The van der Waals surface area contributed by atoms with E-state index in [4.69, 9.17) is 0 Å². The molecule has 1 amide bonds. The summed E-state index contributed by atoms with van der Waals surface area (Å²) in [6.07, 6.45) is 0.766. The van der Waals surface area contributed by atoms with Crippen LogP contribution in [0.1, 0.15) is 21.6 Å². The first-order valence-electron chi connectivity index (χ1n) is 10.3. The molecule has 4 aromatic rings. The quantitative estimate of drug-likeness (QED) is 0.422. The molecular formula is C26H24FN3O. The van der Waals surface area contributed by atoms with Crippen LogP contribution in [0.2, 0.25) is 0 Å². The van der Waals surface area contributed by atoms with Crippen LogP contribution in [0.25, 0.3) is 11.3 Å². The Balaban J connectivity index is 1.59. The van der Waals surface area contributed by atoms with E-state index in [1.165, 1.54) is 17.7 Å². The molecule has 31 heavy (non-hydrogen) atoms. The van der Waals surface area contributed by atoms with E-state index in [0.29, 0.717) is 24.5 Å². The zero-order chi connectivity index (χ0) is 21.6. The predicted octanol–water partition coefficient (Wildman–Crippen LogP) is 5.11. The van der Waals surface area contributed by atoms with Gasteiger partial charge in [0, 0.05) is 25.7 Å². The van der Waals surface area contributed by atoms with Crippen LogP contribution in [0.5, 0.6) is 0 Å². The van der Waals surface area contributed by atoms with Crippen molar-refractivity contribution in [2.75, 3.05) is 6.54 Å². The first-order valence-corrected chi connectivity index (χ1v) is 10.3. The number of amides is 1. The maximum Gasteiger partial charge on any atom is 0.272 e. The van der Waals surface area contributed by atoms with Gasteiger partial charge in [0.05, 0.1) is 5.69 Å². The number of nitrogens with zero attached hydrogens (tertiary/aromatic N) is 3. The summed E-state index contributed by atoms with van der Waals surface area (Å²) in [5, 5.41) is 4.49. The zero-order valence-electron chi connectivity index (χ0n) is 17.4. The van der Waals surface area contributed by atoms with E-state index in [2.05, 4.69) is 17.2 Å². The van der Waals surface area contributed by atoms with Crippen LogP contribution in [0.3, 0.4) is 0 Å². The average Bonchev–Trinajstić information content (AvgIpc) is 3.19. The van der Waals surface area contributed by atoms with Crippen LogP contribution in [0, 0.1) is 5.82 Å². The molecule has 0 bridgehead atoms. The number of hydrogen-bond donors (Lipinski definition) is 0. The first kappa shape index (κ1) is 20.5. The van der Waals surface area contributed by atoms with E-state index >= 15 is 0 Å². The number of carbonyl (C=O) groups excluding carboxylic acids is 1. The molecular weight excluding hydrogens is 389 g/mol. The smallest absolute Gasteiger partial charge is 0.272 e. The topological polar surface area (TPSA) is 38.1 Å². The van der Waals surface area contributed by atoms with Gasteiger partial charge in [-0.2, -0.15) is 5.10 Å². The summed E-state index contributed by atoms with van der Waals surface area (Å²) >= 11 is 0. The van der Waals surface area contributed by atoms with Crippen LogP contribution < -0.4 is 0 Å². The third-order valence-electron chi connectivity index (χ3n) is 5.26. The lowest BCUT2D eigenvalue weighted by Crippen LogP contribution is -2.33. The van der Waals surface area contributed by atoms with Crippen molar-refractivity contribution in [3.8, 4) is 11.3 Å². The molecule has 0 aliphatic carbocycles. The Bertz CT molecular complexity index is 1140. The lowest BCUT2D eigenvalue weighted by atomic mass is 10.1. The Kier molecular flexibility index (Phi) is 6.22. The van der Waals surface area contributed by atoms with Gasteiger partial charge in [-0.1, -0.05) is 60.7 Å². The lowest BCUT2D eigenvalue weighted by Gasteiger charge is -2.23. The number of aromatic nitrogens is 2. The highest BCUT2D eigenvalue weighted by molar-refractivity contribution is 5.93. The van der Waals surface area contributed by atoms with E-state index in [9.17, 15) is 9.18 Å². The molecule has 0 saturated heterocycles. The van der Waals surface area contributed by atoms with Gasteiger partial charge in [0.2, 0.25) is 0 Å². The zero-order valence-corrected chi connectivity index (χ0v) is 17.4. The maximum atomic E-state index is 13.5. The summed E-state index contributed by atoms with van der Waals surface area (Å²) in [4.78, 5) is 15.4. The molecule has 0 fully saturated rings. The molecule has 1 aromatic heterocycles. The predicted molar refractivity (Wildman–Crippen MR) is 120 cm³/mol. The monoisotopic (exact) mass is 413 g/mol. The minimum absolute atomic E-state index is 0.0804. The molecule has 4 rings (SSSR count). The summed E-state index contributed by atoms with van der Waals surface area (Å²) in [5.74, 6) is -0.380. The Morgan fingerprint density at radius 2 is 1.52 bits per heavy atom. The van der Waals surface area contributed by atoms with Crippen molar-refractivity contribution in [2.24, 2.45) is 7.05 Å². The van der Waals surface area contributed by atoms with Crippen molar-refractivity contribution in [2.45, 2.75) is 13.0 Å². The summed E-state index contributed by atoms with van der Waals surface area (Å²) in [6, 6.07) is 28.0. The third-order valence-corrected chi connectivity index (χ3v) is 5.26. The van der Waals surface area contributed by atoms with Gasteiger partial charge >= 0.3 is 0 Å². The Hall–Kier alpha value is -3.73. The average molecular weight is 413 g/mol. The number of halogens is 1. The second-order valence-electron chi connectivity index (χ2n) is 7.49. The second kappa shape index (κ2) is 9.39. The van der Waals surface area contributed by atoms with Gasteiger partial charge in [-0.25, -0.2) is 4.39 Å². The fourth-order valence-corrected chi connectivity index (χ4v) is 3.56. The molecule has 0 unspecified atom stereocenters. The molecule has 1 heterocycles. The van der Waals surface area contributed by atoms with Crippen molar-refractivity contribution >= 4 is 5.91 Å². The molecule has 156 valence electrons. The highest BCUT2D eigenvalue weighted by Gasteiger charge is 2.21. The lowest BCUT2D eigenvalue weighted by molar-refractivity contribution is 0.0734. The largest absolute Gasteiger partial charge is 0.333 e. The SMILES string of the molecule is Cn1nc(-c2ccc(F)cc2)cc1C(=O)N(CCc1ccccc1)Cc1ccccc1. The third kappa shape index (κ3) is 5.07. The van der Waals surface area contributed by atoms with Crippen molar-refractivity contribution in [3.63, 3.8) is 0 Å². The molecule has 0 N–H and O–H groups in total. The van der Waals surface area contributed by atoms with E-state index < -0.39 is 0 Å². The van der Waals surface area contributed by atoms with Gasteiger partial charge in [-0.05, 0) is 47.9 Å². The number of rotatable bonds is 7. The van der Waals surface area contributed by atoms with Gasteiger partial charge < -0.3 is 4.90 Å². The van der Waals surface area contributed by atoms with Crippen molar-refractivity contribution in [1.29, 1.82) is 0 Å². The summed E-state index contributed by atoms with van der Waals surface area (Å²) in [7, 11) is 1.76. The fourth-order valence-electron chi connectivity index (χ4n) is 3.56. The highest BCUT2D eigenvalue weighted by Crippen LogP contribution is 2.21. The van der Waals surface area contributed by atoms with Crippen molar-refractivity contribution in [3.05, 3.63) is 114 Å². The van der Waals surface area contributed by atoms with Crippen LogP contribution >= 0.6 is 0 Å². The van der Waals surface area contributed by atoms with E-state index in [1.54, 1.807) is 29.9 Å². The van der Waals surface area contributed by atoms with Crippen LogP contribution in [-0.2, 0) is 20.0 Å². The first-order chi connectivity index (χ1) is 15.1. The summed E-state index contributed by atoms with van der Waals surface area (Å²) in [6.45, 7) is 1.11. The Labute approximate surface area is 181 Å². The van der Waals surface area contributed by atoms with Gasteiger partial charge in [0.1, 0.15) is 11.5 Å². The number of hydrogen-bond acceptors (Lipinski definition) is 2. The molecule has 3 aromatic carbocycles. The van der Waals surface area contributed by atoms with Crippen molar-refractivity contribution < 1.29 is 9.18 Å². The fraction of sp³-hybridized carbons (Fsp3) is 0.154. The molecule has 0 atom stereocenters. The molecule has 0 aliphatic heterocycles. The van der Waals surface area contributed by atoms with Gasteiger partial charge in [-0.3, -0.25) is 9.48 Å². The second-order valence-corrected chi connectivity index (χ2v) is 7.49. The molecule has 0 radical (unpaired) electrons. The minimum Gasteiger partial charge on any atom is -0.333 e. The summed E-state index contributed by atoms with van der Waals surface area (Å²) < 4.78 is 14.9. The minimum atomic E-state index is -0.300. The van der Waals surface area contributed by atoms with E-state index in [-0.39, 0.29) is 11.7 Å². The molecule has 0 spiro atoms. The molecule has 0 saturated carbocycles. The van der Waals surface area contributed by atoms with E-state index in [0.717, 1.165) is 17.5 Å². The summed E-state index contributed by atoms with van der Waals surface area (Å²) in [5.41, 5.74) is 4.18. The maximum absolute atomic E-state index is 13.5. The molecule has 5 heteroatoms. The van der Waals surface area contributed by atoms with Crippen LogP contribution in [0.4, 0.5) is 4.39 Å². The van der Waals surface area contributed by atoms with Crippen molar-refractivity contribution in [1.82, 2.24) is 14.7 Å². The number of carbonyl (C=O) groups is 1. The van der Waals surface area contributed by atoms with Gasteiger partial charge in [-0.15, -0.1) is 0 Å².